The van der Waals surface area contributed by atoms with Crippen LogP contribution < -0.4 is 0 Å². The first-order valence-corrected chi connectivity index (χ1v) is 8.33. The lowest BCUT2D eigenvalue weighted by Gasteiger charge is -2.09. The number of amides is 4. The van der Waals surface area contributed by atoms with Crippen molar-refractivity contribution in [2.24, 2.45) is 0 Å². The lowest BCUT2D eigenvalue weighted by atomic mass is 10.3. The molecule has 156 valence electrons. The number of allylic oxidation sites excluding steroid dienone is 2. The second kappa shape index (κ2) is 10.6. The highest BCUT2D eigenvalue weighted by Gasteiger charge is 2.32. The number of carbonyl (C=O) groups excluding carboxylic acids is 8. The summed E-state index contributed by atoms with van der Waals surface area (Å²) in [4.78, 5) is 92.6. The van der Waals surface area contributed by atoms with Gasteiger partial charge in [-0.3, -0.25) is 28.8 Å². The van der Waals surface area contributed by atoms with Crippen LogP contribution in [0, 0.1) is 0 Å². The van der Waals surface area contributed by atoms with E-state index >= 15 is 0 Å². The van der Waals surface area contributed by atoms with Crippen LogP contribution in [0.5, 0.6) is 0 Å². The first-order chi connectivity index (χ1) is 13.5. The summed E-state index contributed by atoms with van der Waals surface area (Å²) in [6, 6.07) is 0. The first-order valence-electron chi connectivity index (χ1n) is 8.33. The van der Waals surface area contributed by atoms with Gasteiger partial charge in [-0.2, -0.15) is 0 Å². The molecule has 2 saturated heterocycles. The van der Waals surface area contributed by atoms with Gasteiger partial charge in [0.2, 0.25) is 0 Å². The number of hydrogen-bond acceptors (Lipinski definition) is 10. The van der Waals surface area contributed by atoms with Gasteiger partial charge >= 0.3 is 11.9 Å². The molecule has 0 saturated carbocycles. The molecule has 0 spiro atoms. The summed E-state index contributed by atoms with van der Waals surface area (Å²) in [5.74, 6) is -3.29. The van der Waals surface area contributed by atoms with Crippen molar-refractivity contribution in [3.05, 3.63) is 12.2 Å². The molecule has 29 heavy (non-hydrogen) atoms. The predicted octanol–water partition coefficient (Wildman–Crippen LogP) is -0.688. The SMILES string of the molecule is CC(=O)ON1C(=O)CCC1=O.CC(=O)ON1C(=O)CCC1=O.O=C1C=CC(=O)C1. The minimum Gasteiger partial charge on any atom is -0.331 e. The Kier molecular flexibility index (Phi) is 8.52. The van der Waals surface area contributed by atoms with Gasteiger partial charge in [0.1, 0.15) is 0 Å². The van der Waals surface area contributed by atoms with Gasteiger partial charge in [-0.25, -0.2) is 9.59 Å². The number of carbonyl (C=O) groups is 8. The first kappa shape index (κ1) is 23.3. The van der Waals surface area contributed by atoms with Crippen LogP contribution in [0.3, 0.4) is 0 Å². The topological polar surface area (TPSA) is 161 Å². The Bertz CT molecular complexity index is 702. The molecule has 0 bridgehead atoms. The van der Waals surface area contributed by atoms with Gasteiger partial charge in [0.25, 0.3) is 23.6 Å². The van der Waals surface area contributed by atoms with E-state index in [-0.39, 0.29) is 43.7 Å². The van der Waals surface area contributed by atoms with Gasteiger partial charge in [-0.15, -0.1) is 10.1 Å². The van der Waals surface area contributed by atoms with Gasteiger partial charge < -0.3 is 9.68 Å². The summed E-state index contributed by atoms with van der Waals surface area (Å²) in [6.07, 6.45) is 3.22. The monoisotopic (exact) mass is 410 g/mol. The molecule has 0 aromatic carbocycles. The Labute approximate surface area is 164 Å². The Hall–Kier alpha value is -3.70. The highest BCUT2D eigenvalue weighted by Crippen LogP contribution is 2.12. The quantitative estimate of drug-likeness (QED) is 0.421. The molecular weight excluding hydrogens is 392 g/mol. The molecule has 0 atom stereocenters. The van der Waals surface area contributed by atoms with Gasteiger partial charge in [0, 0.05) is 39.5 Å². The van der Waals surface area contributed by atoms with E-state index < -0.39 is 35.6 Å². The molecule has 0 unspecified atom stereocenters. The average Bonchev–Trinajstić information content (AvgIpc) is 3.26. The Morgan fingerprint density at radius 1 is 0.655 bits per heavy atom. The molecule has 1 aliphatic carbocycles. The van der Waals surface area contributed by atoms with Crippen LogP contribution >= 0.6 is 0 Å². The van der Waals surface area contributed by atoms with Crippen molar-refractivity contribution >= 4 is 47.1 Å². The third-order valence-electron chi connectivity index (χ3n) is 3.25. The molecule has 2 aliphatic heterocycles. The summed E-state index contributed by atoms with van der Waals surface area (Å²) in [6.45, 7) is 2.28. The van der Waals surface area contributed by atoms with Crippen molar-refractivity contribution < 1.29 is 48.0 Å². The van der Waals surface area contributed by atoms with Crippen molar-refractivity contribution in [2.45, 2.75) is 46.0 Å². The molecule has 0 N–H and O–H groups in total. The molecule has 4 amide bonds. The van der Waals surface area contributed by atoms with Gasteiger partial charge in [0.15, 0.2) is 11.6 Å². The number of rotatable bonds is 2. The van der Waals surface area contributed by atoms with Gasteiger partial charge in [-0.05, 0) is 12.2 Å². The van der Waals surface area contributed by atoms with Gasteiger partial charge in [-0.1, -0.05) is 0 Å². The molecule has 2 heterocycles. The van der Waals surface area contributed by atoms with Crippen molar-refractivity contribution in [1.29, 1.82) is 0 Å². The third kappa shape index (κ3) is 7.82. The predicted molar refractivity (Wildman–Crippen MR) is 89.5 cm³/mol. The molecule has 3 rings (SSSR count). The van der Waals surface area contributed by atoms with E-state index in [1.165, 1.54) is 12.2 Å². The van der Waals surface area contributed by atoms with E-state index in [9.17, 15) is 38.4 Å². The smallest absolute Gasteiger partial charge is 0.330 e. The molecule has 2 fully saturated rings. The molecule has 3 aliphatic rings. The largest absolute Gasteiger partial charge is 0.331 e. The average molecular weight is 410 g/mol. The lowest BCUT2D eigenvalue weighted by Crippen LogP contribution is -2.30. The summed E-state index contributed by atoms with van der Waals surface area (Å²) in [7, 11) is 0. The summed E-state index contributed by atoms with van der Waals surface area (Å²) >= 11 is 0. The number of nitrogens with zero attached hydrogens (tertiary/aromatic N) is 2. The lowest BCUT2D eigenvalue weighted by molar-refractivity contribution is -0.195. The molecular formula is C17H18N2O10. The van der Waals surface area contributed by atoms with Crippen LogP contribution in [-0.2, 0) is 48.0 Å². The van der Waals surface area contributed by atoms with E-state index in [1.807, 2.05) is 0 Å². The second-order valence-corrected chi connectivity index (χ2v) is 5.77. The maximum Gasteiger partial charge on any atom is 0.330 e. The molecule has 0 aromatic heterocycles. The Morgan fingerprint density at radius 2 is 0.931 bits per heavy atom. The van der Waals surface area contributed by atoms with E-state index in [1.54, 1.807) is 0 Å². The third-order valence-corrected chi connectivity index (χ3v) is 3.25. The normalized spacial score (nSPS) is 17.7. The van der Waals surface area contributed by atoms with Crippen LogP contribution in [0.4, 0.5) is 0 Å². The number of hydrogen-bond donors (Lipinski definition) is 0. The van der Waals surface area contributed by atoms with E-state index in [2.05, 4.69) is 9.68 Å². The second-order valence-electron chi connectivity index (χ2n) is 5.77. The summed E-state index contributed by atoms with van der Waals surface area (Å²) < 4.78 is 0. The Morgan fingerprint density at radius 3 is 1.10 bits per heavy atom. The van der Waals surface area contributed by atoms with Crippen LogP contribution in [0.15, 0.2) is 12.2 Å². The number of imide groups is 2. The zero-order chi connectivity index (χ0) is 22.1. The maximum absolute atomic E-state index is 10.7. The van der Waals surface area contributed by atoms with Crippen molar-refractivity contribution in [1.82, 2.24) is 10.1 Å². The number of ketones is 2. The number of hydroxylamine groups is 4. The van der Waals surface area contributed by atoms with Crippen molar-refractivity contribution in [3.63, 3.8) is 0 Å². The molecule has 0 radical (unpaired) electrons. The highest BCUT2D eigenvalue weighted by atomic mass is 16.7. The van der Waals surface area contributed by atoms with Crippen LogP contribution in [-0.4, -0.2) is 57.3 Å². The zero-order valence-corrected chi connectivity index (χ0v) is 15.7. The molecule has 12 nitrogen and oxygen atoms in total. The highest BCUT2D eigenvalue weighted by molar-refractivity contribution is 6.16. The van der Waals surface area contributed by atoms with E-state index in [0.717, 1.165) is 13.8 Å². The van der Waals surface area contributed by atoms with Gasteiger partial charge in [0.05, 0.1) is 6.42 Å². The maximum atomic E-state index is 10.7. The molecule has 0 aromatic rings. The Balaban J connectivity index is 0.000000223. The standard InChI is InChI=1S/2C6H7NO4.C5H4O2/c2*1-4(8)11-7-5(9)2-3-6(7)10;6-4-1-2-5(7)3-4/h2*2-3H2,1H3;1-2H,3H2. The fourth-order valence-corrected chi connectivity index (χ4v) is 2.05. The summed E-state index contributed by atoms with van der Waals surface area (Å²) in [5.41, 5.74) is 0. The zero-order valence-electron chi connectivity index (χ0n) is 15.7. The molecule has 12 heteroatoms. The van der Waals surface area contributed by atoms with Crippen LogP contribution in [0.1, 0.15) is 46.0 Å². The fraction of sp³-hybridized carbons (Fsp3) is 0.412. The fourth-order valence-electron chi connectivity index (χ4n) is 2.05. The van der Waals surface area contributed by atoms with Crippen LogP contribution in [0.25, 0.3) is 0 Å². The minimum atomic E-state index is -0.659. The summed E-state index contributed by atoms with van der Waals surface area (Å²) in [5, 5.41) is 1.03. The van der Waals surface area contributed by atoms with E-state index in [4.69, 9.17) is 0 Å². The van der Waals surface area contributed by atoms with Crippen LogP contribution in [0.2, 0.25) is 0 Å². The van der Waals surface area contributed by atoms with E-state index in [0.29, 0.717) is 10.1 Å². The minimum absolute atomic E-state index is 0.0787. The van der Waals surface area contributed by atoms with Crippen molar-refractivity contribution in [2.75, 3.05) is 0 Å². The van der Waals surface area contributed by atoms with Crippen molar-refractivity contribution in [3.8, 4) is 0 Å².